The lowest BCUT2D eigenvalue weighted by Gasteiger charge is -2.31. The Morgan fingerprint density at radius 2 is 1.87 bits per heavy atom. The summed E-state index contributed by atoms with van der Waals surface area (Å²) < 4.78 is 44.2. The molecule has 6 nitrogen and oxygen atoms in total. The van der Waals surface area contributed by atoms with Gasteiger partial charge in [0.25, 0.3) is 5.91 Å². The highest BCUT2D eigenvalue weighted by Crippen LogP contribution is 2.28. The summed E-state index contributed by atoms with van der Waals surface area (Å²) >= 11 is 0. The third-order valence-corrected chi connectivity index (χ3v) is 5.44. The normalized spacial score (nSPS) is 19.4. The summed E-state index contributed by atoms with van der Waals surface area (Å²) in [6.07, 6.45) is -2.25. The second-order valence-corrected chi connectivity index (χ2v) is 7.66. The molecule has 0 bridgehead atoms. The summed E-state index contributed by atoms with van der Waals surface area (Å²) in [7, 11) is 2.12. The zero-order valence-electron chi connectivity index (χ0n) is 17.1. The molecule has 2 aliphatic rings. The van der Waals surface area contributed by atoms with Crippen LogP contribution >= 0.6 is 0 Å². The number of pyridine rings is 1. The van der Waals surface area contributed by atoms with Gasteiger partial charge in [-0.3, -0.25) is 14.7 Å². The summed E-state index contributed by atoms with van der Waals surface area (Å²) in [5.74, 6) is 5.79. The largest absolute Gasteiger partial charge is 0.433 e. The molecule has 2 aliphatic heterocycles. The molecule has 1 amide bonds. The maximum atomic E-state index is 12.8. The van der Waals surface area contributed by atoms with E-state index in [4.69, 9.17) is 4.74 Å². The number of ether oxygens (including phenoxy) is 1. The Labute approximate surface area is 175 Å². The summed E-state index contributed by atoms with van der Waals surface area (Å²) in [6.45, 7) is 6.17. The number of carbonyl (C=O) groups is 1. The fourth-order valence-corrected chi connectivity index (χ4v) is 3.51. The molecule has 164 valence electrons. The number of hydrogen-bond acceptors (Lipinski definition) is 5. The van der Waals surface area contributed by atoms with Gasteiger partial charge in [-0.1, -0.05) is 11.8 Å². The highest BCUT2D eigenvalue weighted by molar-refractivity contribution is 5.94. The number of rotatable bonds is 4. The number of carbonyl (C=O) groups excluding carboxylic acids is 1. The minimum absolute atomic E-state index is 0.00599. The number of amides is 1. The number of nitrogens with zero attached hydrogens (tertiary/aromatic N) is 4. The molecular formula is C21H27F3N4O2. The Kier molecular flexibility index (Phi) is 7.69. The summed E-state index contributed by atoms with van der Waals surface area (Å²) in [4.78, 5) is 22.0. The van der Waals surface area contributed by atoms with Crippen molar-refractivity contribution in [3.05, 3.63) is 29.6 Å². The third kappa shape index (κ3) is 6.42. The molecule has 9 heteroatoms. The van der Waals surface area contributed by atoms with Crippen molar-refractivity contribution < 1.29 is 22.7 Å². The van der Waals surface area contributed by atoms with E-state index in [1.54, 1.807) is 4.90 Å². The Bertz CT molecular complexity index is 774. The fraction of sp³-hybridized carbons (Fsp3) is 0.619. The molecule has 0 unspecified atom stereocenters. The standard InChI is InChI=1S/C21H27F3N4O2/c1-26-11-13-27(14-12-26)8-2-3-15-30-18-5-9-28(10-6-18)20(29)17-4-7-25-19(16-17)21(22,23)24/h4,7,16,18H,5-6,8-15H2,1H3. The second kappa shape index (κ2) is 10.2. The number of likely N-dealkylation sites (N-methyl/N-ethyl adjacent to an activating group) is 1. The SMILES string of the molecule is CN1CCN(CC#CCOC2CCN(C(=O)c3ccnc(C(F)(F)F)c3)CC2)CC1. The van der Waals surface area contributed by atoms with Crippen molar-refractivity contribution in [1.82, 2.24) is 19.7 Å². The van der Waals surface area contributed by atoms with Crippen molar-refractivity contribution in [1.29, 1.82) is 0 Å². The first-order valence-corrected chi connectivity index (χ1v) is 10.1. The van der Waals surface area contributed by atoms with Crippen LogP contribution in [0.2, 0.25) is 0 Å². The molecule has 0 radical (unpaired) electrons. The number of alkyl halides is 3. The summed E-state index contributed by atoms with van der Waals surface area (Å²) in [5.41, 5.74) is -1.05. The van der Waals surface area contributed by atoms with Crippen LogP contribution in [-0.4, -0.2) is 91.2 Å². The van der Waals surface area contributed by atoms with Gasteiger partial charge in [-0.05, 0) is 32.0 Å². The van der Waals surface area contributed by atoms with E-state index in [1.807, 2.05) is 0 Å². The van der Waals surface area contributed by atoms with Crippen LogP contribution in [-0.2, 0) is 10.9 Å². The van der Waals surface area contributed by atoms with Gasteiger partial charge in [0.1, 0.15) is 12.3 Å². The van der Waals surface area contributed by atoms with Crippen molar-refractivity contribution in [3.8, 4) is 11.8 Å². The molecule has 0 aromatic carbocycles. The van der Waals surface area contributed by atoms with E-state index in [0.717, 1.165) is 45.0 Å². The van der Waals surface area contributed by atoms with E-state index in [0.29, 0.717) is 32.5 Å². The van der Waals surface area contributed by atoms with Gasteiger partial charge in [0.05, 0.1) is 12.6 Å². The van der Waals surface area contributed by atoms with Crippen LogP contribution in [0.1, 0.15) is 28.9 Å². The predicted octanol–water partition coefficient (Wildman–Crippen LogP) is 1.97. The van der Waals surface area contributed by atoms with E-state index in [9.17, 15) is 18.0 Å². The van der Waals surface area contributed by atoms with Crippen LogP contribution in [0.5, 0.6) is 0 Å². The van der Waals surface area contributed by atoms with E-state index >= 15 is 0 Å². The maximum absolute atomic E-state index is 12.8. The van der Waals surface area contributed by atoms with Crippen LogP contribution in [0, 0.1) is 11.8 Å². The molecule has 0 saturated carbocycles. The molecule has 0 atom stereocenters. The van der Waals surface area contributed by atoms with Gasteiger partial charge in [0.15, 0.2) is 0 Å². The predicted molar refractivity (Wildman–Crippen MR) is 106 cm³/mol. The molecule has 3 heterocycles. The van der Waals surface area contributed by atoms with Gasteiger partial charge >= 0.3 is 6.18 Å². The Hall–Kier alpha value is -2.15. The number of piperazine rings is 1. The van der Waals surface area contributed by atoms with Gasteiger partial charge in [-0.2, -0.15) is 13.2 Å². The van der Waals surface area contributed by atoms with E-state index in [2.05, 4.69) is 33.7 Å². The van der Waals surface area contributed by atoms with Crippen molar-refractivity contribution in [3.63, 3.8) is 0 Å². The van der Waals surface area contributed by atoms with Crippen LogP contribution in [0.25, 0.3) is 0 Å². The van der Waals surface area contributed by atoms with E-state index < -0.39 is 17.8 Å². The monoisotopic (exact) mass is 424 g/mol. The molecule has 1 aromatic heterocycles. The van der Waals surface area contributed by atoms with Gasteiger partial charge in [0.2, 0.25) is 0 Å². The minimum Gasteiger partial charge on any atom is -0.365 e. The number of halogens is 3. The highest BCUT2D eigenvalue weighted by atomic mass is 19.4. The number of aromatic nitrogens is 1. The Balaban J connectivity index is 1.39. The molecule has 0 N–H and O–H groups in total. The molecule has 1 aromatic rings. The average Bonchev–Trinajstić information content (AvgIpc) is 2.74. The second-order valence-electron chi connectivity index (χ2n) is 7.66. The molecule has 30 heavy (non-hydrogen) atoms. The lowest BCUT2D eigenvalue weighted by atomic mass is 10.1. The molecule has 0 spiro atoms. The minimum atomic E-state index is -4.57. The zero-order valence-corrected chi connectivity index (χ0v) is 17.1. The fourth-order valence-electron chi connectivity index (χ4n) is 3.51. The first kappa shape index (κ1) is 22.5. The molecule has 0 aliphatic carbocycles. The lowest BCUT2D eigenvalue weighted by Crippen LogP contribution is -2.44. The summed E-state index contributed by atoms with van der Waals surface area (Å²) in [5, 5.41) is 0. The van der Waals surface area contributed by atoms with Gasteiger partial charge in [0, 0.05) is 51.0 Å². The topological polar surface area (TPSA) is 48.9 Å². The lowest BCUT2D eigenvalue weighted by molar-refractivity contribution is -0.141. The Morgan fingerprint density at radius 3 is 2.53 bits per heavy atom. The Morgan fingerprint density at radius 1 is 1.17 bits per heavy atom. The van der Waals surface area contributed by atoms with Gasteiger partial charge in [-0.15, -0.1) is 0 Å². The molecule has 2 saturated heterocycles. The number of hydrogen-bond donors (Lipinski definition) is 0. The van der Waals surface area contributed by atoms with Gasteiger partial charge < -0.3 is 14.5 Å². The van der Waals surface area contributed by atoms with Crippen molar-refractivity contribution in [2.75, 3.05) is 59.5 Å². The van der Waals surface area contributed by atoms with Crippen LogP contribution in [0.15, 0.2) is 18.3 Å². The maximum Gasteiger partial charge on any atom is 0.433 e. The quantitative estimate of drug-likeness (QED) is 0.692. The zero-order chi connectivity index (χ0) is 21.6. The smallest absolute Gasteiger partial charge is 0.365 e. The van der Waals surface area contributed by atoms with Crippen molar-refractivity contribution >= 4 is 5.91 Å². The van der Waals surface area contributed by atoms with E-state index in [1.165, 1.54) is 6.07 Å². The van der Waals surface area contributed by atoms with E-state index in [-0.39, 0.29) is 11.7 Å². The van der Waals surface area contributed by atoms with Crippen molar-refractivity contribution in [2.45, 2.75) is 25.1 Å². The average molecular weight is 424 g/mol. The van der Waals surface area contributed by atoms with Crippen LogP contribution in [0.4, 0.5) is 13.2 Å². The first-order valence-electron chi connectivity index (χ1n) is 10.1. The van der Waals surface area contributed by atoms with Crippen LogP contribution < -0.4 is 0 Å². The third-order valence-electron chi connectivity index (χ3n) is 5.44. The summed E-state index contributed by atoms with van der Waals surface area (Å²) in [6, 6.07) is 2.12. The number of likely N-dealkylation sites (tertiary alicyclic amines) is 1. The number of piperidine rings is 1. The first-order chi connectivity index (χ1) is 14.3. The highest BCUT2D eigenvalue weighted by Gasteiger charge is 2.33. The van der Waals surface area contributed by atoms with Gasteiger partial charge in [-0.25, -0.2) is 0 Å². The molecular weight excluding hydrogens is 397 g/mol. The molecule has 3 rings (SSSR count). The van der Waals surface area contributed by atoms with Crippen molar-refractivity contribution in [2.24, 2.45) is 0 Å². The van der Waals surface area contributed by atoms with Crippen LogP contribution in [0.3, 0.4) is 0 Å². The molecule has 2 fully saturated rings.